The molecule has 2 heterocycles. The van der Waals surface area contributed by atoms with Gasteiger partial charge in [0.05, 0.1) is 17.4 Å². The molecule has 3 rings (SSSR count). The summed E-state index contributed by atoms with van der Waals surface area (Å²) in [6, 6.07) is 7.53. The highest BCUT2D eigenvalue weighted by molar-refractivity contribution is 7.89. The topological polar surface area (TPSA) is 94.9 Å². The minimum absolute atomic E-state index is 0.0199. The number of carboxylic acid groups (broad SMARTS) is 1. The van der Waals surface area contributed by atoms with Crippen molar-refractivity contribution in [1.29, 1.82) is 0 Å². The maximum atomic E-state index is 12.9. The first-order valence-corrected chi connectivity index (χ1v) is 12.7. The second kappa shape index (κ2) is 10.4. The number of nitrogens with zero attached hydrogens (tertiary/aromatic N) is 1. The normalized spacial score (nSPS) is 19.8. The minimum Gasteiger partial charge on any atom is -0.477 e. The molecule has 0 radical (unpaired) electrons. The lowest BCUT2D eigenvalue weighted by Gasteiger charge is -2.20. The van der Waals surface area contributed by atoms with Gasteiger partial charge in [-0.25, -0.2) is 13.2 Å². The van der Waals surface area contributed by atoms with E-state index in [1.54, 1.807) is 12.1 Å². The Morgan fingerprint density at radius 3 is 2.70 bits per heavy atom. The van der Waals surface area contributed by atoms with Crippen molar-refractivity contribution < 1.29 is 36.6 Å². The number of halogens is 3. The third-order valence-electron chi connectivity index (χ3n) is 5.33. The van der Waals surface area contributed by atoms with Gasteiger partial charge in [-0.3, -0.25) is 0 Å². The van der Waals surface area contributed by atoms with Crippen molar-refractivity contribution in [1.82, 2.24) is 4.31 Å². The Kier molecular flexibility index (Phi) is 7.99. The Hall–Kier alpha value is -2.21. The van der Waals surface area contributed by atoms with E-state index in [1.165, 1.54) is 28.6 Å². The highest BCUT2D eigenvalue weighted by atomic mass is 32.2. The van der Waals surface area contributed by atoms with Crippen molar-refractivity contribution in [3.8, 4) is 0 Å². The fourth-order valence-electron chi connectivity index (χ4n) is 3.71. The van der Waals surface area contributed by atoms with E-state index >= 15 is 0 Å². The number of hydrogen-bond acceptors (Lipinski definition) is 5. The predicted octanol–water partition coefficient (Wildman–Crippen LogP) is 3.96. The van der Waals surface area contributed by atoms with Gasteiger partial charge in [-0.15, -0.1) is 11.3 Å². The molecule has 0 amide bonds. The molecule has 11 heteroatoms. The van der Waals surface area contributed by atoms with Gasteiger partial charge >= 0.3 is 12.1 Å². The van der Waals surface area contributed by atoms with Crippen LogP contribution in [0.4, 0.5) is 13.2 Å². The van der Waals surface area contributed by atoms with Crippen LogP contribution in [0.5, 0.6) is 0 Å². The number of hydrogen-bond donors (Lipinski definition) is 2. The molecule has 1 aliphatic rings. The van der Waals surface area contributed by atoms with Gasteiger partial charge in [0.2, 0.25) is 10.0 Å². The van der Waals surface area contributed by atoms with Gasteiger partial charge in [-0.2, -0.15) is 17.5 Å². The second-order valence-electron chi connectivity index (χ2n) is 7.81. The molecule has 0 bridgehead atoms. The van der Waals surface area contributed by atoms with Gasteiger partial charge < -0.3 is 10.2 Å². The minimum atomic E-state index is -4.46. The maximum Gasteiger partial charge on any atom is 0.416 e. The third kappa shape index (κ3) is 6.89. The van der Waals surface area contributed by atoms with Crippen LogP contribution in [-0.4, -0.2) is 53.3 Å². The lowest BCUT2D eigenvalue weighted by Crippen LogP contribution is -2.33. The van der Waals surface area contributed by atoms with Crippen LogP contribution in [0.15, 0.2) is 48.6 Å². The molecule has 2 N–H and O–H groups in total. The van der Waals surface area contributed by atoms with Crippen LogP contribution in [0, 0.1) is 0 Å². The summed E-state index contributed by atoms with van der Waals surface area (Å²) in [6.45, 7) is 0.251. The van der Waals surface area contributed by atoms with Crippen molar-refractivity contribution in [3.05, 3.63) is 69.4 Å². The van der Waals surface area contributed by atoms with Crippen LogP contribution in [0.1, 0.15) is 38.5 Å². The Morgan fingerprint density at radius 1 is 1.27 bits per heavy atom. The zero-order valence-corrected chi connectivity index (χ0v) is 19.2. The number of benzene rings is 1. The molecule has 180 valence electrons. The van der Waals surface area contributed by atoms with E-state index in [0.717, 1.165) is 28.3 Å². The lowest BCUT2D eigenvalue weighted by atomic mass is 10.0. The third-order valence-corrected chi connectivity index (χ3v) is 8.38. The monoisotopic (exact) mass is 503 g/mol. The van der Waals surface area contributed by atoms with Gasteiger partial charge in [0.25, 0.3) is 0 Å². The maximum absolute atomic E-state index is 12.9. The molecule has 1 aliphatic heterocycles. The second-order valence-corrected chi connectivity index (χ2v) is 11.0. The van der Waals surface area contributed by atoms with Crippen molar-refractivity contribution in [2.75, 3.05) is 12.3 Å². The summed E-state index contributed by atoms with van der Waals surface area (Å²) >= 11 is 1.16. The number of rotatable bonds is 9. The smallest absolute Gasteiger partial charge is 0.416 e. The van der Waals surface area contributed by atoms with Crippen molar-refractivity contribution in [2.45, 2.75) is 44.0 Å². The van der Waals surface area contributed by atoms with Crippen LogP contribution in [0.2, 0.25) is 0 Å². The Labute approximate surface area is 194 Å². The molecule has 1 saturated heterocycles. The average Bonchev–Trinajstić information content (AvgIpc) is 3.31. The molecule has 2 atom stereocenters. The van der Waals surface area contributed by atoms with Crippen LogP contribution in [0.25, 0.3) is 0 Å². The van der Waals surface area contributed by atoms with Gasteiger partial charge in [-0.1, -0.05) is 30.4 Å². The van der Waals surface area contributed by atoms with Gasteiger partial charge in [0, 0.05) is 23.9 Å². The first kappa shape index (κ1) is 25.4. The van der Waals surface area contributed by atoms with Crippen LogP contribution in [-0.2, 0) is 29.0 Å². The first-order chi connectivity index (χ1) is 15.5. The number of carbonyl (C=O) groups is 1. The van der Waals surface area contributed by atoms with Crippen molar-refractivity contribution in [2.24, 2.45) is 0 Å². The lowest BCUT2D eigenvalue weighted by molar-refractivity contribution is -0.137. The van der Waals surface area contributed by atoms with E-state index < -0.39 is 39.9 Å². The van der Waals surface area contributed by atoms with Crippen LogP contribution >= 0.6 is 11.3 Å². The number of aryl methyl sites for hydroxylation is 1. The fourth-order valence-corrected chi connectivity index (χ4v) is 6.37. The summed E-state index contributed by atoms with van der Waals surface area (Å²) in [6.07, 6.45) is -1.11. The SMILES string of the molecule is O=C(O)c1ccc(CCCN2[C@@H](/C=C/C(O)Cc3cccc(C(F)(F)F)c3)CCS2(=O)=O)s1. The van der Waals surface area contributed by atoms with E-state index in [1.807, 2.05) is 0 Å². The number of aromatic carboxylic acids is 1. The standard InChI is InChI=1S/C22H24F3NO5S2/c23-22(24,25)16-4-1-3-15(13-16)14-18(27)7-6-17-10-12-33(30,31)26(17)11-2-5-19-8-9-20(32-19)21(28)29/h1,3-4,6-9,13,17-18,27H,2,5,10-12,14H2,(H,28,29)/b7-6+/t17-,18?/m0/s1. The largest absolute Gasteiger partial charge is 0.477 e. The van der Waals surface area contributed by atoms with Gasteiger partial charge in [0.1, 0.15) is 4.88 Å². The predicted molar refractivity (Wildman–Crippen MR) is 119 cm³/mol. The summed E-state index contributed by atoms with van der Waals surface area (Å²) < 4.78 is 64.8. The Bertz CT molecular complexity index is 1110. The van der Waals surface area contributed by atoms with Crippen molar-refractivity contribution >= 4 is 27.3 Å². The fraction of sp³-hybridized carbons (Fsp3) is 0.409. The molecule has 0 aliphatic carbocycles. The van der Waals surface area contributed by atoms with Crippen LogP contribution in [0.3, 0.4) is 0 Å². The molecule has 0 spiro atoms. The molecule has 1 unspecified atom stereocenters. The number of thiophene rings is 1. The Morgan fingerprint density at radius 2 is 2.03 bits per heavy atom. The molecule has 6 nitrogen and oxygen atoms in total. The van der Waals surface area contributed by atoms with E-state index in [0.29, 0.717) is 24.8 Å². The molecule has 1 aromatic carbocycles. The quantitative estimate of drug-likeness (QED) is 0.505. The Balaban J connectivity index is 1.58. The molecular weight excluding hydrogens is 479 g/mol. The summed E-state index contributed by atoms with van der Waals surface area (Å²) in [4.78, 5) is 12.1. The van der Waals surface area contributed by atoms with Crippen molar-refractivity contribution in [3.63, 3.8) is 0 Å². The summed E-state index contributed by atoms with van der Waals surface area (Å²) in [5.74, 6) is -1.02. The molecule has 1 fully saturated rings. The van der Waals surface area contributed by atoms with Crippen LogP contribution < -0.4 is 0 Å². The number of carboxylic acids is 1. The van der Waals surface area contributed by atoms with Gasteiger partial charge in [0.15, 0.2) is 0 Å². The number of alkyl halides is 3. The summed E-state index contributed by atoms with van der Waals surface area (Å²) in [5, 5.41) is 19.3. The summed E-state index contributed by atoms with van der Waals surface area (Å²) in [7, 11) is -3.44. The zero-order valence-electron chi connectivity index (χ0n) is 17.5. The van der Waals surface area contributed by atoms with E-state index in [4.69, 9.17) is 5.11 Å². The summed E-state index contributed by atoms with van der Waals surface area (Å²) in [5.41, 5.74) is -0.458. The number of aliphatic hydroxyl groups excluding tert-OH is 1. The number of aliphatic hydroxyl groups is 1. The average molecular weight is 504 g/mol. The first-order valence-electron chi connectivity index (χ1n) is 10.3. The van der Waals surface area contributed by atoms with E-state index in [9.17, 15) is 31.5 Å². The number of sulfonamides is 1. The highest BCUT2D eigenvalue weighted by Gasteiger charge is 2.35. The van der Waals surface area contributed by atoms with E-state index in [2.05, 4.69) is 0 Å². The molecule has 1 aromatic heterocycles. The molecular formula is C22H24F3NO5S2. The molecule has 2 aromatic rings. The zero-order chi connectivity index (χ0) is 24.2. The molecule has 33 heavy (non-hydrogen) atoms. The van der Waals surface area contributed by atoms with E-state index in [-0.39, 0.29) is 23.6 Å². The molecule has 0 saturated carbocycles. The van der Waals surface area contributed by atoms with Gasteiger partial charge in [-0.05, 0) is 43.0 Å². The highest BCUT2D eigenvalue weighted by Crippen LogP contribution is 2.30.